The predicted octanol–water partition coefficient (Wildman–Crippen LogP) is 2.17. The molecule has 0 aliphatic carbocycles. The Labute approximate surface area is 114 Å². The molecule has 1 aromatic rings. The molecule has 1 heterocycles. The number of nitrogens with zero attached hydrogens (tertiary/aromatic N) is 2. The summed E-state index contributed by atoms with van der Waals surface area (Å²) in [6.45, 7) is 0.215. The number of rotatable bonds is 8. The Hall–Kier alpha value is -1.28. The number of aromatic nitrogens is 2. The Kier molecular flexibility index (Phi) is 6.28. The van der Waals surface area contributed by atoms with Gasteiger partial charge in [-0.15, -0.1) is 0 Å². The Morgan fingerprint density at radius 2 is 2.10 bits per heavy atom. The normalized spacial score (nSPS) is 13.8. The van der Waals surface area contributed by atoms with Crippen molar-refractivity contribution in [3.8, 4) is 0 Å². The van der Waals surface area contributed by atoms with Crippen molar-refractivity contribution in [2.75, 3.05) is 6.61 Å². The minimum absolute atomic E-state index is 0.0539. The van der Waals surface area contributed by atoms with E-state index in [1.165, 1.54) is 6.20 Å². The summed E-state index contributed by atoms with van der Waals surface area (Å²) in [6.07, 6.45) is -0.998. The average molecular weight is 295 g/mol. The second kappa shape index (κ2) is 7.49. The highest BCUT2D eigenvalue weighted by molar-refractivity contribution is 5.03. The van der Waals surface area contributed by atoms with Crippen LogP contribution in [0.3, 0.4) is 0 Å². The smallest absolute Gasteiger partial charge is 0.330 e. The molecule has 1 unspecified atom stereocenters. The van der Waals surface area contributed by atoms with Crippen molar-refractivity contribution in [3.05, 3.63) is 23.8 Å². The fraction of sp³-hybridized carbons (Fsp3) is 0.667. The molecule has 0 saturated heterocycles. The van der Waals surface area contributed by atoms with Crippen LogP contribution in [0.25, 0.3) is 0 Å². The number of nitrogens with two attached hydrogens (primary N) is 1. The van der Waals surface area contributed by atoms with Gasteiger partial charge in [-0.2, -0.15) is 8.78 Å². The second-order valence-corrected chi connectivity index (χ2v) is 4.39. The lowest BCUT2D eigenvalue weighted by atomic mass is 10.1. The van der Waals surface area contributed by atoms with Gasteiger partial charge in [0.15, 0.2) is 5.82 Å². The zero-order valence-electron chi connectivity index (χ0n) is 11.0. The highest BCUT2D eigenvalue weighted by Crippen LogP contribution is 2.23. The maximum Gasteiger partial charge on any atom is 0.330 e. The molecule has 4 nitrogen and oxygen atoms in total. The SMILES string of the molecule is CCC(N)Cc1ccnc(COCC(F)(F)C(F)F)n1. The zero-order valence-corrected chi connectivity index (χ0v) is 11.0. The van der Waals surface area contributed by atoms with Crippen LogP contribution in [-0.2, 0) is 17.8 Å². The number of alkyl halides is 4. The monoisotopic (exact) mass is 295 g/mol. The summed E-state index contributed by atoms with van der Waals surface area (Å²) < 4.78 is 53.6. The van der Waals surface area contributed by atoms with Crippen LogP contribution >= 0.6 is 0 Å². The van der Waals surface area contributed by atoms with E-state index in [9.17, 15) is 17.6 Å². The number of ether oxygens (including phenoxy) is 1. The van der Waals surface area contributed by atoms with Crippen molar-refractivity contribution in [1.82, 2.24) is 9.97 Å². The Morgan fingerprint density at radius 3 is 2.70 bits per heavy atom. The Morgan fingerprint density at radius 1 is 1.40 bits per heavy atom. The van der Waals surface area contributed by atoms with E-state index in [1.807, 2.05) is 6.92 Å². The predicted molar refractivity (Wildman–Crippen MR) is 64.6 cm³/mol. The van der Waals surface area contributed by atoms with Crippen LogP contribution in [0.15, 0.2) is 12.3 Å². The highest BCUT2D eigenvalue weighted by atomic mass is 19.3. The summed E-state index contributed by atoms with van der Waals surface area (Å²) in [7, 11) is 0. The molecule has 0 saturated carbocycles. The summed E-state index contributed by atoms with van der Waals surface area (Å²) in [5.74, 6) is -4.00. The maximum atomic E-state index is 12.6. The van der Waals surface area contributed by atoms with Crippen molar-refractivity contribution in [1.29, 1.82) is 0 Å². The van der Waals surface area contributed by atoms with Gasteiger partial charge in [-0.3, -0.25) is 0 Å². The first-order chi connectivity index (χ1) is 9.35. The van der Waals surface area contributed by atoms with Gasteiger partial charge in [-0.1, -0.05) is 6.92 Å². The molecule has 0 aromatic carbocycles. The summed E-state index contributed by atoms with van der Waals surface area (Å²) in [5.41, 5.74) is 6.43. The maximum absolute atomic E-state index is 12.6. The van der Waals surface area contributed by atoms with Crippen LogP contribution < -0.4 is 5.73 Å². The summed E-state index contributed by atoms with van der Waals surface area (Å²) in [5, 5.41) is 0. The molecule has 0 aliphatic rings. The van der Waals surface area contributed by atoms with Crippen molar-refractivity contribution in [3.63, 3.8) is 0 Å². The lowest BCUT2D eigenvalue weighted by Crippen LogP contribution is -2.32. The van der Waals surface area contributed by atoms with E-state index in [0.717, 1.165) is 6.42 Å². The van der Waals surface area contributed by atoms with Gasteiger partial charge >= 0.3 is 12.3 Å². The molecule has 0 spiro atoms. The third-order valence-electron chi connectivity index (χ3n) is 2.60. The van der Waals surface area contributed by atoms with Crippen molar-refractivity contribution in [2.24, 2.45) is 5.73 Å². The molecule has 1 aromatic heterocycles. The summed E-state index contributed by atoms with van der Waals surface area (Å²) >= 11 is 0. The highest BCUT2D eigenvalue weighted by Gasteiger charge is 2.40. The molecule has 20 heavy (non-hydrogen) atoms. The third-order valence-corrected chi connectivity index (χ3v) is 2.60. The first-order valence-electron chi connectivity index (χ1n) is 6.15. The summed E-state index contributed by atoms with van der Waals surface area (Å²) in [4.78, 5) is 7.90. The van der Waals surface area contributed by atoms with E-state index in [4.69, 9.17) is 5.73 Å². The number of halogens is 4. The van der Waals surface area contributed by atoms with Gasteiger partial charge in [0.2, 0.25) is 0 Å². The summed E-state index contributed by atoms with van der Waals surface area (Å²) in [6, 6.07) is 1.61. The van der Waals surface area contributed by atoms with Gasteiger partial charge in [-0.05, 0) is 12.5 Å². The van der Waals surface area contributed by atoms with Crippen LogP contribution in [0, 0.1) is 0 Å². The van der Waals surface area contributed by atoms with Gasteiger partial charge in [-0.25, -0.2) is 18.7 Å². The number of hydrogen-bond acceptors (Lipinski definition) is 4. The number of hydrogen-bond donors (Lipinski definition) is 1. The average Bonchev–Trinajstić information content (AvgIpc) is 2.38. The van der Waals surface area contributed by atoms with Gasteiger partial charge in [0.1, 0.15) is 13.2 Å². The van der Waals surface area contributed by atoms with Crippen LogP contribution in [-0.4, -0.2) is 35.0 Å². The van der Waals surface area contributed by atoms with E-state index in [0.29, 0.717) is 12.1 Å². The van der Waals surface area contributed by atoms with Gasteiger partial charge in [0.05, 0.1) is 0 Å². The molecule has 0 amide bonds. The minimum atomic E-state index is -4.16. The van der Waals surface area contributed by atoms with E-state index in [2.05, 4.69) is 14.7 Å². The molecule has 0 radical (unpaired) electrons. The molecule has 1 atom stereocenters. The van der Waals surface area contributed by atoms with Crippen LogP contribution in [0.4, 0.5) is 17.6 Å². The van der Waals surface area contributed by atoms with E-state index in [-0.39, 0.29) is 18.5 Å². The topological polar surface area (TPSA) is 61.0 Å². The molecule has 1 rings (SSSR count). The molecule has 114 valence electrons. The van der Waals surface area contributed by atoms with E-state index in [1.54, 1.807) is 6.07 Å². The van der Waals surface area contributed by atoms with Crippen molar-refractivity contribution >= 4 is 0 Å². The van der Waals surface area contributed by atoms with E-state index >= 15 is 0 Å². The second-order valence-electron chi connectivity index (χ2n) is 4.39. The first-order valence-corrected chi connectivity index (χ1v) is 6.15. The molecule has 0 bridgehead atoms. The standard InChI is InChI=1S/C12H17F4N3O/c1-2-8(17)5-9-3-4-18-10(19-9)6-20-7-12(15,16)11(13)14/h3-4,8,11H,2,5-7,17H2,1H3. The third kappa shape index (κ3) is 5.38. The van der Waals surface area contributed by atoms with Crippen LogP contribution in [0.5, 0.6) is 0 Å². The fourth-order valence-corrected chi connectivity index (χ4v) is 1.38. The Balaban J connectivity index is 2.50. The van der Waals surface area contributed by atoms with Gasteiger partial charge < -0.3 is 10.5 Å². The fourth-order valence-electron chi connectivity index (χ4n) is 1.38. The Bertz CT molecular complexity index is 417. The lowest BCUT2D eigenvalue weighted by molar-refractivity contribution is -0.168. The van der Waals surface area contributed by atoms with Gasteiger partial charge in [0.25, 0.3) is 0 Å². The van der Waals surface area contributed by atoms with E-state index < -0.39 is 19.0 Å². The molecule has 8 heteroatoms. The van der Waals surface area contributed by atoms with Crippen LogP contribution in [0.2, 0.25) is 0 Å². The first kappa shape index (κ1) is 16.8. The van der Waals surface area contributed by atoms with Gasteiger partial charge in [0, 0.05) is 24.4 Å². The van der Waals surface area contributed by atoms with Crippen LogP contribution in [0.1, 0.15) is 24.9 Å². The molecule has 2 N–H and O–H groups in total. The largest absolute Gasteiger partial charge is 0.367 e. The van der Waals surface area contributed by atoms with Crippen molar-refractivity contribution < 1.29 is 22.3 Å². The molecular formula is C12H17F4N3O. The quantitative estimate of drug-likeness (QED) is 0.747. The molecule has 0 aliphatic heterocycles. The zero-order chi connectivity index (χ0) is 15.2. The molecular weight excluding hydrogens is 278 g/mol. The van der Waals surface area contributed by atoms with Crippen molar-refractivity contribution in [2.45, 2.75) is 44.8 Å². The minimum Gasteiger partial charge on any atom is -0.367 e. The lowest BCUT2D eigenvalue weighted by Gasteiger charge is -2.15. The molecule has 0 fully saturated rings.